The van der Waals surface area contributed by atoms with Crippen molar-refractivity contribution in [3.8, 4) is 0 Å². The molecule has 0 saturated carbocycles. The van der Waals surface area contributed by atoms with Crippen LogP contribution in [-0.2, 0) is 33.3 Å². The molecule has 0 N–H and O–H groups in total. The molecule has 0 aromatic rings. The molecule has 0 amide bonds. The molecule has 0 radical (unpaired) electrons. The van der Waals surface area contributed by atoms with E-state index in [1.54, 1.807) is 27.7 Å². The molecule has 2 aliphatic heterocycles. The first-order chi connectivity index (χ1) is 10.5. The fraction of sp³-hybridized carbons (Fsp3) is 0.875. The Bertz CT molecular complexity index is 469. The van der Waals surface area contributed by atoms with Crippen LogP contribution in [0.1, 0.15) is 48.0 Å². The largest absolute Gasteiger partial charge is 0.457 e. The van der Waals surface area contributed by atoms with Crippen LogP contribution in [0.3, 0.4) is 0 Å². The van der Waals surface area contributed by atoms with E-state index < -0.39 is 35.5 Å². The van der Waals surface area contributed by atoms with Gasteiger partial charge in [0.2, 0.25) is 5.78 Å². The van der Waals surface area contributed by atoms with E-state index in [0.29, 0.717) is 6.61 Å². The summed E-state index contributed by atoms with van der Waals surface area (Å²) in [6.45, 7) is 10.9. The van der Waals surface area contributed by atoms with Crippen LogP contribution in [0.25, 0.3) is 0 Å². The van der Waals surface area contributed by atoms with Crippen molar-refractivity contribution < 1.29 is 33.3 Å². The van der Waals surface area contributed by atoms with Gasteiger partial charge in [0.1, 0.15) is 12.2 Å². The van der Waals surface area contributed by atoms with Crippen LogP contribution in [0.2, 0.25) is 0 Å². The maximum atomic E-state index is 12.1. The summed E-state index contributed by atoms with van der Waals surface area (Å²) >= 11 is 0. The van der Waals surface area contributed by atoms with Crippen molar-refractivity contribution in [1.29, 1.82) is 0 Å². The number of ether oxygens (including phenoxy) is 5. The molecule has 2 fully saturated rings. The third kappa shape index (κ3) is 4.73. The molecule has 0 aromatic heterocycles. The summed E-state index contributed by atoms with van der Waals surface area (Å²) in [5.74, 6) is -3.04. The number of Topliss-reactive ketones (excluding diaryl/α,β-unsaturated/α-hetero) is 1. The summed E-state index contributed by atoms with van der Waals surface area (Å²) in [4.78, 5) is 23.8. The Balaban J connectivity index is 2.03. The van der Waals surface area contributed by atoms with Crippen LogP contribution < -0.4 is 0 Å². The number of carbonyl (C=O) groups excluding carboxylic acids is 2. The van der Waals surface area contributed by atoms with Gasteiger partial charge in [-0.3, -0.25) is 4.79 Å². The zero-order valence-electron chi connectivity index (χ0n) is 14.6. The molecule has 2 aliphatic rings. The van der Waals surface area contributed by atoms with Crippen molar-refractivity contribution in [3.05, 3.63) is 0 Å². The Kier molecular flexibility index (Phi) is 5.15. The number of rotatable bonds is 5. The van der Waals surface area contributed by atoms with Gasteiger partial charge in [0.05, 0.1) is 18.8 Å². The molecule has 0 unspecified atom stereocenters. The summed E-state index contributed by atoms with van der Waals surface area (Å²) in [5, 5.41) is 0. The van der Waals surface area contributed by atoms with Crippen molar-refractivity contribution in [1.82, 2.24) is 0 Å². The molecule has 3 atom stereocenters. The summed E-state index contributed by atoms with van der Waals surface area (Å²) in [7, 11) is 0. The summed E-state index contributed by atoms with van der Waals surface area (Å²) in [6.07, 6.45) is -1.88. The molecule has 23 heavy (non-hydrogen) atoms. The van der Waals surface area contributed by atoms with E-state index in [1.165, 1.54) is 0 Å². The second-order valence-electron chi connectivity index (χ2n) is 7.09. The highest BCUT2D eigenvalue weighted by atomic mass is 16.8. The van der Waals surface area contributed by atoms with E-state index in [4.69, 9.17) is 23.7 Å². The van der Waals surface area contributed by atoms with Gasteiger partial charge in [0.15, 0.2) is 11.6 Å². The lowest BCUT2D eigenvalue weighted by molar-refractivity contribution is -0.175. The monoisotopic (exact) mass is 330 g/mol. The van der Waals surface area contributed by atoms with E-state index in [9.17, 15) is 9.59 Å². The second kappa shape index (κ2) is 6.47. The minimum Gasteiger partial charge on any atom is -0.457 e. The smallest absolute Gasteiger partial charge is 0.374 e. The number of ketones is 1. The van der Waals surface area contributed by atoms with E-state index in [0.717, 1.165) is 0 Å². The lowest BCUT2D eigenvalue weighted by Crippen LogP contribution is -2.40. The van der Waals surface area contributed by atoms with Crippen LogP contribution in [0.15, 0.2) is 0 Å². The zero-order chi connectivity index (χ0) is 17.4. The minimum atomic E-state index is -0.854. The summed E-state index contributed by atoms with van der Waals surface area (Å²) < 4.78 is 27.9. The SMILES string of the molecule is CC(C)OC(=O)C(=O)C[C@@H]1OC(C)(C)O[C@@H]1[C@H]1COC(C)(C)O1. The quantitative estimate of drug-likeness (QED) is 0.559. The maximum Gasteiger partial charge on any atom is 0.374 e. The van der Waals surface area contributed by atoms with Crippen molar-refractivity contribution in [2.45, 2.75) is 84.0 Å². The van der Waals surface area contributed by atoms with Gasteiger partial charge in [0.25, 0.3) is 0 Å². The minimum absolute atomic E-state index is 0.111. The zero-order valence-corrected chi connectivity index (χ0v) is 14.6. The van der Waals surface area contributed by atoms with Crippen LogP contribution >= 0.6 is 0 Å². The van der Waals surface area contributed by atoms with Crippen LogP contribution in [0.5, 0.6) is 0 Å². The van der Waals surface area contributed by atoms with Gasteiger partial charge in [-0.2, -0.15) is 0 Å². The number of esters is 1. The molecule has 2 rings (SSSR count). The van der Waals surface area contributed by atoms with Gasteiger partial charge in [-0.25, -0.2) is 4.79 Å². The normalized spacial score (nSPS) is 32.2. The lowest BCUT2D eigenvalue weighted by Gasteiger charge is -2.23. The first kappa shape index (κ1) is 18.3. The lowest BCUT2D eigenvalue weighted by atomic mass is 10.0. The van der Waals surface area contributed by atoms with Gasteiger partial charge in [-0.15, -0.1) is 0 Å². The molecule has 2 heterocycles. The van der Waals surface area contributed by atoms with Crippen LogP contribution in [0, 0.1) is 0 Å². The van der Waals surface area contributed by atoms with Gasteiger partial charge in [-0.05, 0) is 41.5 Å². The van der Waals surface area contributed by atoms with Gasteiger partial charge in [0, 0.05) is 6.42 Å². The van der Waals surface area contributed by atoms with Crippen LogP contribution in [0.4, 0.5) is 0 Å². The van der Waals surface area contributed by atoms with E-state index >= 15 is 0 Å². The Hall–Kier alpha value is -1.02. The molecule has 2 saturated heterocycles. The van der Waals surface area contributed by atoms with Gasteiger partial charge < -0.3 is 23.7 Å². The fourth-order valence-electron chi connectivity index (χ4n) is 2.76. The molecular weight excluding hydrogens is 304 g/mol. The number of hydrogen-bond acceptors (Lipinski definition) is 7. The molecule has 0 aromatic carbocycles. The van der Waals surface area contributed by atoms with Crippen LogP contribution in [-0.4, -0.2) is 54.3 Å². The van der Waals surface area contributed by atoms with Gasteiger partial charge in [-0.1, -0.05) is 0 Å². The van der Waals surface area contributed by atoms with E-state index in [2.05, 4.69) is 0 Å². The standard InChI is InChI=1S/C16H26O7/c1-9(2)20-14(18)10(17)7-11-13(23-16(5,6)21-11)12-8-19-15(3,4)22-12/h9,11-13H,7-8H2,1-6H3/t11-,12+,13-/m0/s1. The predicted octanol–water partition coefficient (Wildman–Crippen LogP) is 1.57. The summed E-state index contributed by atoms with van der Waals surface area (Å²) in [6, 6.07) is 0. The maximum absolute atomic E-state index is 12.1. The third-order valence-electron chi connectivity index (χ3n) is 3.58. The van der Waals surface area contributed by atoms with Crippen molar-refractivity contribution in [3.63, 3.8) is 0 Å². The average Bonchev–Trinajstić information content (AvgIpc) is 2.88. The van der Waals surface area contributed by atoms with Crippen molar-refractivity contribution in [2.75, 3.05) is 6.61 Å². The third-order valence-corrected chi connectivity index (χ3v) is 3.58. The Morgan fingerprint density at radius 2 is 1.74 bits per heavy atom. The first-order valence-electron chi connectivity index (χ1n) is 7.90. The average molecular weight is 330 g/mol. The van der Waals surface area contributed by atoms with E-state index in [-0.39, 0.29) is 18.6 Å². The highest BCUT2D eigenvalue weighted by Crippen LogP contribution is 2.36. The summed E-state index contributed by atoms with van der Waals surface area (Å²) in [5.41, 5.74) is 0. The fourth-order valence-corrected chi connectivity index (χ4v) is 2.76. The molecule has 0 spiro atoms. The first-order valence-corrected chi connectivity index (χ1v) is 7.90. The van der Waals surface area contributed by atoms with Gasteiger partial charge >= 0.3 is 5.97 Å². The van der Waals surface area contributed by atoms with Crippen molar-refractivity contribution in [2.24, 2.45) is 0 Å². The highest BCUT2D eigenvalue weighted by Gasteiger charge is 2.50. The molecule has 0 aliphatic carbocycles. The van der Waals surface area contributed by atoms with E-state index in [1.807, 2.05) is 13.8 Å². The molecular formula is C16H26O7. The highest BCUT2D eigenvalue weighted by molar-refractivity contribution is 6.33. The topological polar surface area (TPSA) is 80.3 Å². The molecule has 132 valence electrons. The van der Waals surface area contributed by atoms with Crippen molar-refractivity contribution >= 4 is 11.8 Å². The predicted molar refractivity (Wildman–Crippen MR) is 79.6 cm³/mol. The Morgan fingerprint density at radius 1 is 1.09 bits per heavy atom. The molecule has 7 nitrogen and oxygen atoms in total. The number of hydrogen-bond donors (Lipinski definition) is 0. The Morgan fingerprint density at radius 3 is 2.26 bits per heavy atom. The number of carbonyl (C=O) groups is 2. The Labute approximate surface area is 136 Å². The molecule has 0 bridgehead atoms. The molecule has 7 heteroatoms. The second-order valence-corrected chi connectivity index (χ2v) is 7.09.